The molecule has 1 spiro atoms. The van der Waals surface area contributed by atoms with Gasteiger partial charge in [-0.15, -0.1) is 0 Å². The van der Waals surface area contributed by atoms with Crippen LogP contribution in [-0.4, -0.2) is 35.5 Å². The minimum atomic E-state index is -0.448. The Balaban J connectivity index is 1.30. The zero-order valence-corrected chi connectivity index (χ0v) is 19.9. The third-order valence-corrected chi connectivity index (χ3v) is 11.8. The third-order valence-electron chi connectivity index (χ3n) is 11.8. The molecule has 6 rings (SSSR count). The lowest BCUT2D eigenvalue weighted by Crippen LogP contribution is -2.58. The van der Waals surface area contributed by atoms with E-state index < -0.39 is 5.79 Å². The van der Waals surface area contributed by atoms with Gasteiger partial charge in [-0.05, 0) is 80.0 Å². The second-order valence-corrected chi connectivity index (χ2v) is 13.0. The quantitative estimate of drug-likeness (QED) is 0.589. The van der Waals surface area contributed by atoms with E-state index in [4.69, 9.17) is 9.47 Å². The minimum Gasteiger partial charge on any atom is -0.393 e. The van der Waals surface area contributed by atoms with E-state index in [9.17, 15) is 9.90 Å². The van der Waals surface area contributed by atoms with Gasteiger partial charge in [-0.1, -0.05) is 27.7 Å². The van der Waals surface area contributed by atoms with Crippen molar-refractivity contribution in [3.05, 3.63) is 0 Å². The Hall–Kier alpha value is -0.450. The molecule has 0 bridgehead atoms. The first-order valence-corrected chi connectivity index (χ1v) is 13.2. The number of ketones is 1. The van der Waals surface area contributed by atoms with E-state index in [1.165, 1.54) is 12.8 Å². The van der Waals surface area contributed by atoms with Gasteiger partial charge in [-0.25, -0.2) is 0 Å². The van der Waals surface area contributed by atoms with Gasteiger partial charge in [-0.2, -0.15) is 0 Å². The van der Waals surface area contributed by atoms with Crippen LogP contribution in [0.25, 0.3) is 0 Å². The molecule has 0 radical (unpaired) electrons. The molecule has 0 amide bonds. The van der Waals surface area contributed by atoms with Gasteiger partial charge in [0.15, 0.2) is 5.79 Å². The van der Waals surface area contributed by atoms with Crippen LogP contribution in [0.2, 0.25) is 0 Å². The number of carbonyl (C=O) groups is 1. The van der Waals surface area contributed by atoms with Crippen molar-refractivity contribution in [3.8, 4) is 0 Å². The summed E-state index contributed by atoms with van der Waals surface area (Å²) in [6, 6.07) is 0. The lowest BCUT2D eigenvalue weighted by Gasteiger charge is -2.60. The molecule has 4 nitrogen and oxygen atoms in total. The number of hydrogen-bond acceptors (Lipinski definition) is 4. The lowest BCUT2D eigenvalue weighted by molar-refractivity contribution is -0.272. The fourth-order valence-electron chi connectivity index (χ4n) is 9.93. The van der Waals surface area contributed by atoms with E-state index in [2.05, 4.69) is 27.7 Å². The topological polar surface area (TPSA) is 55.8 Å². The maximum Gasteiger partial charge on any atom is 0.171 e. The van der Waals surface area contributed by atoms with Crippen LogP contribution >= 0.6 is 0 Å². The van der Waals surface area contributed by atoms with E-state index in [0.29, 0.717) is 41.3 Å². The highest BCUT2D eigenvalue weighted by molar-refractivity contribution is 5.87. The second-order valence-electron chi connectivity index (χ2n) is 13.0. The van der Waals surface area contributed by atoms with Crippen molar-refractivity contribution in [1.29, 1.82) is 0 Å². The summed E-state index contributed by atoms with van der Waals surface area (Å²) in [6.45, 7) is 10.1. The molecule has 2 heterocycles. The number of aliphatic hydroxyl groups is 1. The molecule has 2 aliphatic heterocycles. The highest BCUT2D eigenvalue weighted by atomic mass is 16.7. The van der Waals surface area contributed by atoms with Crippen LogP contribution in [-0.2, 0) is 14.3 Å². The van der Waals surface area contributed by atoms with Crippen LogP contribution in [0.3, 0.4) is 0 Å². The molecule has 0 aromatic heterocycles. The third kappa shape index (κ3) is 2.68. The molecule has 4 heteroatoms. The normalized spacial score (nSPS) is 60.9. The summed E-state index contributed by atoms with van der Waals surface area (Å²) in [5, 5.41) is 10.3. The standard InChI is InChI=1S/C27H42O4/c1-15-7-10-27(30-14-15)16(2)24-22(31-27)12-21-19-6-5-17-11-18(28)8-9-25(17,3)20(19)13-23(29)26(21,24)4/h15-22,24,28H,5-14H2,1-4H3/t15-,16-,17+,18+,19-,20+,21+,22+,24+,25+,26-,27+/m1/s1. The second kappa shape index (κ2) is 6.79. The van der Waals surface area contributed by atoms with Crippen LogP contribution in [0.1, 0.15) is 85.5 Å². The van der Waals surface area contributed by atoms with E-state index in [-0.39, 0.29) is 29.0 Å². The van der Waals surface area contributed by atoms with Gasteiger partial charge in [0, 0.05) is 30.1 Å². The molecule has 2 saturated heterocycles. The van der Waals surface area contributed by atoms with Crippen LogP contribution in [0, 0.1) is 52.3 Å². The van der Waals surface area contributed by atoms with Crippen molar-refractivity contribution < 1.29 is 19.4 Å². The molecule has 12 atom stereocenters. The maximum absolute atomic E-state index is 14.0. The molecule has 174 valence electrons. The minimum absolute atomic E-state index is 0.131. The first kappa shape index (κ1) is 21.1. The SMILES string of the molecule is C[C@@H]1CC[C@]2(OC1)O[C@H]1C[C@H]3[C@@H]4CC[C@H]5C[C@@H](O)CC[C@]5(C)[C@H]4CC(=O)[C@]3(C)[C@H]1[C@H]2C. The summed E-state index contributed by atoms with van der Waals surface area (Å²) >= 11 is 0. The number of fused-ring (bicyclic) bond motifs is 7. The fraction of sp³-hybridized carbons (Fsp3) is 0.963. The van der Waals surface area contributed by atoms with E-state index in [1.54, 1.807) is 0 Å². The number of ether oxygens (including phenoxy) is 2. The number of carbonyl (C=O) groups excluding carboxylic acids is 1. The van der Waals surface area contributed by atoms with Crippen molar-refractivity contribution in [2.75, 3.05) is 6.61 Å². The Morgan fingerprint density at radius 3 is 2.55 bits per heavy atom. The average Bonchev–Trinajstić information content (AvgIpc) is 3.18. The van der Waals surface area contributed by atoms with Gasteiger partial charge in [-0.3, -0.25) is 4.79 Å². The molecule has 0 unspecified atom stereocenters. The van der Waals surface area contributed by atoms with Gasteiger partial charge in [0.05, 0.1) is 18.8 Å². The lowest BCUT2D eigenvalue weighted by atomic mass is 9.44. The van der Waals surface area contributed by atoms with Gasteiger partial charge < -0.3 is 14.6 Å². The molecule has 6 fully saturated rings. The van der Waals surface area contributed by atoms with Gasteiger partial charge >= 0.3 is 0 Å². The van der Waals surface area contributed by atoms with Crippen molar-refractivity contribution in [1.82, 2.24) is 0 Å². The van der Waals surface area contributed by atoms with Crippen molar-refractivity contribution >= 4 is 5.78 Å². The van der Waals surface area contributed by atoms with E-state index in [1.807, 2.05) is 0 Å². The van der Waals surface area contributed by atoms with E-state index in [0.717, 1.165) is 51.6 Å². The Labute approximate surface area is 187 Å². The van der Waals surface area contributed by atoms with Crippen LogP contribution in [0.4, 0.5) is 0 Å². The summed E-state index contributed by atoms with van der Waals surface area (Å²) in [6.07, 6.45) is 9.39. The molecular formula is C27H42O4. The Kier molecular flexibility index (Phi) is 4.62. The monoisotopic (exact) mass is 430 g/mol. The smallest absolute Gasteiger partial charge is 0.171 e. The first-order chi connectivity index (χ1) is 14.7. The highest BCUT2D eigenvalue weighted by Gasteiger charge is 2.71. The van der Waals surface area contributed by atoms with Gasteiger partial charge in [0.1, 0.15) is 5.78 Å². The fourth-order valence-corrected chi connectivity index (χ4v) is 9.93. The maximum atomic E-state index is 14.0. The van der Waals surface area contributed by atoms with Crippen molar-refractivity contribution in [2.24, 2.45) is 52.3 Å². The molecule has 31 heavy (non-hydrogen) atoms. The summed E-state index contributed by atoms with van der Waals surface area (Å²) in [4.78, 5) is 14.0. The Bertz CT molecular complexity index is 756. The summed E-state index contributed by atoms with van der Waals surface area (Å²) < 4.78 is 13.2. The molecule has 1 N–H and O–H groups in total. The zero-order chi connectivity index (χ0) is 21.8. The van der Waals surface area contributed by atoms with Crippen molar-refractivity contribution in [2.45, 2.75) is 103 Å². The van der Waals surface area contributed by atoms with Gasteiger partial charge in [0.25, 0.3) is 0 Å². The van der Waals surface area contributed by atoms with Crippen LogP contribution in [0.5, 0.6) is 0 Å². The summed E-state index contributed by atoms with van der Waals surface area (Å²) in [7, 11) is 0. The van der Waals surface area contributed by atoms with Crippen molar-refractivity contribution in [3.63, 3.8) is 0 Å². The number of aliphatic hydroxyl groups excluding tert-OH is 1. The largest absolute Gasteiger partial charge is 0.393 e. The van der Waals surface area contributed by atoms with Gasteiger partial charge in [0.2, 0.25) is 0 Å². The average molecular weight is 431 g/mol. The molecule has 4 saturated carbocycles. The Morgan fingerprint density at radius 2 is 1.81 bits per heavy atom. The molecule has 6 aliphatic rings. The summed E-state index contributed by atoms with van der Waals surface area (Å²) in [5.74, 6) is 3.45. The number of rotatable bonds is 0. The highest BCUT2D eigenvalue weighted by Crippen LogP contribution is 2.70. The predicted molar refractivity (Wildman–Crippen MR) is 118 cm³/mol. The number of hydrogen-bond donors (Lipinski definition) is 1. The molecular weight excluding hydrogens is 388 g/mol. The van der Waals surface area contributed by atoms with Crippen LogP contribution < -0.4 is 0 Å². The van der Waals surface area contributed by atoms with E-state index >= 15 is 0 Å². The molecule has 4 aliphatic carbocycles. The van der Waals surface area contributed by atoms with Crippen LogP contribution in [0.15, 0.2) is 0 Å². The Morgan fingerprint density at radius 1 is 1.00 bits per heavy atom. The first-order valence-electron chi connectivity index (χ1n) is 13.2. The molecule has 0 aromatic rings. The number of Topliss-reactive ketones (excluding diaryl/α,β-unsaturated/α-hetero) is 1. The predicted octanol–water partition coefficient (Wildman–Crippen LogP) is 4.97. The molecule has 0 aromatic carbocycles. The summed E-state index contributed by atoms with van der Waals surface area (Å²) in [5.41, 5.74) is -0.0221. The zero-order valence-electron chi connectivity index (χ0n) is 19.9.